The normalized spacial score (nSPS) is 24.7. The van der Waals surface area contributed by atoms with Crippen LogP contribution in [0, 0.1) is 0 Å². The van der Waals surface area contributed by atoms with Gasteiger partial charge in [0.05, 0.1) is 6.61 Å². The molecule has 7 nitrogen and oxygen atoms in total. The molecular formula is C19H24O7S. The standard InChI is InChI=1S/C19H24O7S/c1-12(20)24-16-9-23-17(11-27-10-15-7-5-4-6-8-15)19(26-14(3)22)18(16)25-13(2)21/h4-8,16-19H,9-11H2,1-3H3/t16-,17+,18+,19+/m1/s1. The highest BCUT2D eigenvalue weighted by molar-refractivity contribution is 7.98. The third-order valence-corrected chi connectivity index (χ3v) is 4.95. The van der Waals surface area contributed by atoms with Gasteiger partial charge in [-0.1, -0.05) is 30.3 Å². The van der Waals surface area contributed by atoms with E-state index >= 15 is 0 Å². The van der Waals surface area contributed by atoms with E-state index in [0.29, 0.717) is 5.75 Å². The van der Waals surface area contributed by atoms with Gasteiger partial charge in [0.25, 0.3) is 0 Å². The molecule has 0 aliphatic carbocycles. The molecule has 148 valence electrons. The Bertz CT molecular complexity index is 649. The van der Waals surface area contributed by atoms with Gasteiger partial charge in [0.2, 0.25) is 0 Å². The number of ether oxygens (including phenoxy) is 4. The maximum atomic E-state index is 11.6. The molecule has 27 heavy (non-hydrogen) atoms. The van der Waals surface area contributed by atoms with Crippen molar-refractivity contribution in [2.24, 2.45) is 0 Å². The van der Waals surface area contributed by atoms with Gasteiger partial charge in [0.1, 0.15) is 6.10 Å². The van der Waals surface area contributed by atoms with Crippen molar-refractivity contribution in [2.75, 3.05) is 12.4 Å². The van der Waals surface area contributed by atoms with Crippen molar-refractivity contribution < 1.29 is 33.3 Å². The summed E-state index contributed by atoms with van der Waals surface area (Å²) < 4.78 is 21.7. The molecule has 0 amide bonds. The molecule has 0 N–H and O–H groups in total. The summed E-state index contributed by atoms with van der Waals surface area (Å²) in [4.78, 5) is 34.5. The number of carbonyl (C=O) groups excluding carboxylic acids is 3. The second-order valence-electron chi connectivity index (χ2n) is 6.17. The summed E-state index contributed by atoms with van der Waals surface area (Å²) >= 11 is 1.62. The molecule has 1 aromatic carbocycles. The van der Waals surface area contributed by atoms with Crippen molar-refractivity contribution in [3.8, 4) is 0 Å². The predicted octanol–water partition coefficient (Wildman–Crippen LogP) is 2.11. The van der Waals surface area contributed by atoms with Crippen LogP contribution in [0.1, 0.15) is 26.3 Å². The van der Waals surface area contributed by atoms with Gasteiger partial charge in [0.15, 0.2) is 18.3 Å². The summed E-state index contributed by atoms with van der Waals surface area (Å²) in [5.41, 5.74) is 1.16. The van der Waals surface area contributed by atoms with Crippen LogP contribution in [0.15, 0.2) is 30.3 Å². The molecule has 0 radical (unpaired) electrons. The molecule has 1 aromatic rings. The van der Waals surface area contributed by atoms with Crippen LogP contribution in [0.4, 0.5) is 0 Å². The summed E-state index contributed by atoms with van der Waals surface area (Å²) in [5, 5.41) is 0. The molecule has 0 bridgehead atoms. The summed E-state index contributed by atoms with van der Waals surface area (Å²) in [7, 11) is 0. The van der Waals surface area contributed by atoms with Crippen LogP contribution in [-0.4, -0.2) is 54.7 Å². The molecule has 1 fully saturated rings. The maximum Gasteiger partial charge on any atom is 0.303 e. The Labute approximate surface area is 162 Å². The second-order valence-corrected chi connectivity index (χ2v) is 7.20. The molecule has 1 heterocycles. The smallest absolute Gasteiger partial charge is 0.303 e. The predicted molar refractivity (Wildman–Crippen MR) is 99.0 cm³/mol. The van der Waals surface area contributed by atoms with Gasteiger partial charge in [0, 0.05) is 32.3 Å². The van der Waals surface area contributed by atoms with Gasteiger partial charge in [-0.3, -0.25) is 14.4 Å². The average molecular weight is 396 g/mol. The third-order valence-electron chi connectivity index (χ3n) is 3.85. The molecule has 1 aliphatic rings. The Kier molecular flexibility index (Phi) is 8.12. The number of thioether (sulfide) groups is 1. The highest BCUT2D eigenvalue weighted by atomic mass is 32.2. The van der Waals surface area contributed by atoms with Gasteiger partial charge in [-0.2, -0.15) is 11.8 Å². The largest absolute Gasteiger partial charge is 0.456 e. The van der Waals surface area contributed by atoms with Crippen molar-refractivity contribution in [2.45, 2.75) is 50.9 Å². The molecule has 8 heteroatoms. The fraction of sp³-hybridized carbons (Fsp3) is 0.526. The topological polar surface area (TPSA) is 88.1 Å². The number of hydrogen-bond acceptors (Lipinski definition) is 8. The Morgan fingerprint density at radius 2 is 1.56 bits per heavy atom. The minimum absolute atomic E-state index is 0.0614. The zero-order chi connectivity index (χ0) is 19.8. The lowest BCUT2D eigenvalue weighted by molar-refractivity contribution is -0.222. The monoisotopic (exact) mass is 396 g/mol. The van der Waals surface area contributed by atoms with Gasteiger partial charge in [-0.15, -0.1) is 0 Å². The maximum absolute atomic E-state index is 11.6. The van der Waals surface area contributed by atoms with Gasteiger partial charge < -0.3 is 18.9 Å². The molecule has 0 aromatic heterocycles. The number of hydrogen-bond donors (Lipinski definition) is 0. The van der Waals surface area contributed by atoms with Crippen LogP contribution in [-0.2, 0) is 39.1 Å². The first-order valence-corrected chi connectivity index (χ1v) is 9.77. The molecule has 4 atom stereocenters. The van der Waals surface area contributed by atoms with Crippen LogP contribution in [0.3, 0.4) is 0 Å². The third kappa shape index (κ3) is 6.88. The quantitative estimate of drug-likeness (QED) is 0.512. The van der Waals surface area contributed by atoms with Crippen molar-refractivity contribution >= 4 is 29.7 Å². The summed E-state index contributed by atoms with van der Waals surface area (Å²) in [5.74, 6) is -0.315. The molecule has 0 spiro atoms. The molecule has 1 saturated heterocycles. The number of rotatable bonds is 7. The highest BCUT2D eigenvalue weighted by Crippen LogP contribution is 2.27. The molecule has 1 aliphatic heterocycles. The van der Waals surface area contributed by atoms with E-state index in [1.165, 1.54) is 20.8 Å². The zero-order valence-electron chi connectivity index (χ0n) is 15.6. The van der Waals surface area contributed by atoms with Crippen LogP contribution in [0.2, 0.25) is 0 Å². The Morgan fingerprint density at radius 3 is 2.15 bits per heavy atom. The van der Waals surface area contributed by atoms with E-state index in [9.17, 15) is 14.4 Å². The van der Waals surface area contributed by atoms with Crippen LogP contribution in [0.5, 0.6) is 0 Å². The zero-order valence-corrected chi connectivity index (χ0v) is 16.4. The average Bonchev–Trinajstić information content (AvgIpc) is 2.59. The Balaban J connectivity index is 2.08. The lowest BCUT2D eigenvalue weighted by atomic mass is 10.00. The molecule has 0 saturated carbocycles. The molecular weight excluding hydrogens is 372 g/mol. The van der Waals surface area contributed by atoms with Gasteiger partial charge >= 0.3 is 17.9 Å². The number of benzene rings is 1. The summed E-state index contributed by atoms with van der Waals surface area (Å²) in [6.07, 6.45) is -3.08. The minimum Gasteiger partial charge on any atom is -0.456 e. The van der Waals surface area contributed by atoms with E-state index in [-0.39, 0.29) is 6.61 Å². The fourth-order valence-corrected chi connectivity index (χ4v) is 3.89. The van der Waals surface area contributed by atoms with Crippen LogP contribution in [0.25, 0.3) is 0 Å². The highest BCUT2D eigenvalue weighted by Gasteiger charge is 2.46. The number of carbonyl (C=O) groups is 3. The lowest BCUT2D eigenvalue weighted by Gasteiger charge is -2.40. The Morgan fingerprint density at radius 1 is 0.963 bits per heavy atom. The van der Waals surface area contributed by atoms with Gasteiger partial charge in [-0.25, -0.2) is 0 Å². The van der Waals surface area contributed by atoms with E-state index in [2.05, 4.69) is 0 Å². The summed E-state index contributed by atoms with van der Waals surface area (Å²) in [6, 6.07) is 9.94. The van der Waals surface area contributed by atoms with E-state index in [1.807, 2.05) is 30.3 Å². The van der Waals surface area contributed by atoms with Crippen molar-refractivity contribution in [1.29, 1.82) is 0 Å². The second kappa shape index (κ2) is 10.3. The summed E-state index contributed by atoms with van der Waals surface area (Å²) in [6.45, 7) is 3.85. The first-order valence-electron chi connectivity index (χ1n) is 8.61. The molecule has 0 unspecified atom stereocenters. The van der Waals surface area contributed by atoms with E-state index in [4.69, 9.17) is 18.9 Å². The van der Waals surface area contributed by atoms with E-state index < -0.39 is 42.3 Å². The van der Waals surface area contributed by atoms with Crippen LogP contribution < -0.4 is 0 Å². The molecule has 2 rings (SSSR count). The SMILES string of the molecule is CC(=O)O[C@@H]1[C@@H](OC(C)=O)[C@H](OC(C)=O)CO[C@H]1CSCc1ccccc1. The number of esters is 3. The lowest BCUT2D eigenvalue weighted by Crippen LogP contribution is -2.58. The fourth-order valence-electron chi connectivity index (χ4n) is 2.82. The first-order chi connectivity index (χ1) is 12.9. The van der Waals surface area contributed by atoms with Crippen LogP contribution >= 0.6 is 11.8 Å². The first kappa shape index (κ1) is 21.2. The van der Waals surface area contributed by atoms with E-state index in [1.54, 1.807) is 11.8 Å². The van der Waals surface area contributed by atoms with Gasteiger partial charge in [-0.05, 0) is 5.56 Å². The van der Waals surface area contributed by atoms with Crippen molar-refractivity contribution in [3.63, 3.8) is 0 Å². The minimum atomic E-state index is -0.911. The van der Waals surface area contributed by atoms with Crippen molar-refractivity contribution in [1.82, 2.24) is 0 Å². The van der Waals surface area contributed by atoms with E-state index in [0.717, 1.165) is 11.3 Å². The van der Waals surface area contributed by atoms with Crippen molar-refractivity contribution in [3.05, 3.63) is 35.9 Å². The Hall–Kier alpha value is -2.06.